The molecule has 3 saturated carbocycles. The molecule has 0 aromatic heterocycles. The molecule has 0 unspecified atom stereocenters. The first-order chi connectivity index (χ1) is 15.1. The maximum absolute atomic E-state index is 12.6. The Hall–Kier alpha value is -0.630. The number of hydrogen-bond acceptors (Lipinski definition) is 0. The smallest absolute Gasteiger partial charge is 0.171 e. The summed E-state index contributed by atoms with van der Waals surface area (Å²) in [5.74, 6) is 0. The minimum absolute atomic E-state index is 0.102. The Kier molecular flexibility index (Phi) is 9.95. The lowest BCUT2D eigenvalue weighted by Crippen LogP contribution is -2.40. The molecule has 0 spiro atoms. The van der Waals surface area contributed by atoms with Gasteiger partial charge in [0.1, 0.15) is 0 Å². The Balaban J connectivity index is 0.000000257. The van der Waals surface area contributed by atoms with Crippen LogP contribution in [0, 0.1) is 21.7 Å². The molecule has 0 saturated heterocycles. The Morgan fingerprint density at radius 2 is 0.588 bits per heavy atom. The minimum atomic E-state index is -4.02. The summed E-state index contributed by atoms with van der Waals surface area (Å²) in [7, 11) is 0. The molecule has 0 nitrogen and oxygen atoms in total. The summed E-state index contributed by atoms with van der Waals surface area (Å²) in [5.41, 5.74) is -4.08. The summed E-state index contributed by atoms with van der Waals surface area (Å²) in [4.78, 5) is 0. The maximum atomic E-state index is 12.6. The number of alkyl halides is 9. The topological polar surface area (TPSA) is 0 Å². The molecule has 3 rings (SSSR count). The van der Waals surface area contributed by atoms with Gasteiger partial charge in [-0.3, -0.25) is 0 Å². The highest BCUT2D eigenvalue weighted by Crippen LogP contribution is 2.53. The van der Waals surface area contributed by atoms with Crippen LogP contribution in [-0.4, -0.2) is 18.5 Å². The van der Waals surface area contributed by atoms with E-state index in [1.54, 1.807) is 0 Å². The van der Waals surface area contributed by atoms with E-state index in [1.807, 2.05) is 13.8 Å². The van der Waals surface area contributed by atoms with Gasteiger partial charge in [0, 0.05) is 0 Å². The van der Waals surface area contributed by atoms with Crippen molar-refractivity contribution in [3.8, 4) is 0 Å². The quantitative estimate of drug-likeness (QED) is 0.283. The van der Waals surface area contributed by atoms with Crippen LogP contribution < -0.4 is 0 Å². The Bertz CT molecular complexity index is 604. The van der Waals surface area contributed by atoms with Crippen LogP contribution in [0.5, 0.6) is 0 Å². The van der Waals surface area contributed by atoms with Crippen LogP contribution >= 0.6 is 0 Å². The molecule has 0 aliphatic heterocycles. The normalized spacial score (nSPS) is 25.9. The van der Waals surface area contributed by atoms with E-state index in [9.17, 15) is 39.5 Å². The summed E-state index contributed by atoms with van der Waals surface area (Å²) in [6.45, 7) is 8.10. The Morgan fingerprint density at radius 1 is 0.353 bits per heavy atom. The molecule has 0 bridgehead atoms. The van der Waals surface area contributed by atoms with Crippen molar-refractivity contribution in [2.75, 3.05) is 0 Å². The molecular weight excluding hydrogens is 471 g/mol. The molecule has 3 aliphatic rings. The van der Waals surface area contributed by atoms with Gasteiger partial charge in [-0.2, -0.15) is 39.5 Å². The molecule has 34 heavy (non-hydrogen) atoms. The fraction of sp³-hybridized carbons (Fsp3) is 1.00. The van der Waals surface area contributed by atoms with Gasteiger partial charge < -0.3 is 0 Å². The predicted molar refractivity (Wildman–Crippen MR) is 116 cm³/mol. The molecule has 0 aromatic carbocycles. The molecular formula is C25H41F9. The number of rotatable bonds is 0. The van der Waals surface area contributed by atoms with Crippen molar-refractivity contribution >= 4 is 0 Å². The zero-order chi connectivity index (χ0) is 26.7. The van der Waals surface area contributed by atoms with Crippen LogP contribution in [0.2, 0.25) is 0 Å². The zero-order valence-electron chi connectivity index (χ0n) is 21.1. The van der Waals surface area contributed by atoms with Gasteiger partial charge in [-0.1, -0.05) is 66.7 Å². The van der Waals surface area contributed by atoms with E-state index in [0.29, 0.717) is 38.5 Å². The van der Waals surface area contributed by atoms with Crippen molar-refractivity contribution in [1.29, 1.82) is 0 Å². The van der Waals surface area contributed by atoms with Gasteiger partial charge in [-0.15, -0.1) is 0 Å². The molecule has 0 N–H and O–H groups in total. The monoisotopic (exact) mass is 512 g/mol. The Labute approximate surface area is 198 Å². The average Bonchev–Trinajstić information content (AvgIpc) is 3.12. The van der Waals surface area contributed by atoms with Crippen molar-refractivity contribution in [2.45, 2.75) is 137 Å². The van der Waals surface area contributed by atoms with Crippen LogP contribution in [-0.2, 0) is 0 Å². The Morgan fingerprint density at radius 3 is 0.824 bits per heavy atom. The molecule has 0 radical (unpaired) electrons. The summed E-state index contributed by atoms with van der Waals surface area (Å²) in [5, 5.41) is 0. The van der Waals surface area contributed by atoms with Crippen LogP contribution in [0.15, 0.2) is 0 Å². The van der Waals surface area contributed by atoms with Gasteiger partial charge in [-0.05, 0) is 56.8 Å². The van der Waals surface area contributed by atoms with Gasteiger partial charge in [0.25, 0.3) is 0 Å². The second-order valence-electron chi connectivity index (χ2n) is 12.1. The lowest BCUT2D eigenvalue weighted by molar-refractivity contribution is -0.232. The second-order valence-corrected chi connectivity index (χ2v) is 12.1. The van der Waals surface area contributed by atoms with E-state index in [1.165, 1.54) is 20.8 Å². The lowest BCUT2D eigenvalue weighted by Gasteiger charge is -2.42. The van der Waals surface area contributed by atoms with Crippen LogP contribution in [0.4, 0.5) is 39.5 Å². The standard InChI is InChI=1S/C10H17F3.C8H13F3.C7H11F3/c1-8(2)4-6-9(3,7-5-8)10(11,12)13;1-7(8(9,10)11)5-3-2-4-6-7;1-6(7(8,9)10)4-2-3-5-6/h4-7H2,1-3H3;2-6H2,1H3;2-5H2,1H3. The highest BCUT2D eigenvalue weighted by molar-refractivity contribution is 4.90. The molecule has 0 aromatic rings. The third kappa shape index (κ3) is 8.21. The van der Waals surface area contributed by atoms with Gasteiger partial charge in [0.15, 0.2) is 0 Å². The van der Waals surface area contributed by atoms with Crippen LogP contribution in [0.25, 0.3) is 0 Å². The summed E-state index contributed by atoms with van der Waals surface area (Å²) >= 11 is 0. The molecule has 0 heterocycles. The predicted octanol–water partition coefficient (Wildman–Crippen LogP) is 10.8. The molecule has 9 heteroatoms. The third-order valence-electron chi connectivity index (χ3n) is 8.42. The molecule has 3 fully saturated rings. The van der Waals surface area contributed by atoms with Gasteiger partial charge in [-0.25, -0.2) is 0 Å². The molecule has 204 valence electrons. The van der Waals surface area contributed by atoms with Crippen molar-refractivity contribution in [3.05, 3.63) is 0 Å². The fourth-order valence-corrected chi connectivity index (χ4v) is 4.82. The molecule has 0 amide bonds. The van der Waals surface area contributed by atoms with Gasteiger partial charge >= 0.3 is 18.5 Å². The zero-order valence-corrected chi connectivity index (χ0v) is 21.1. The highest BCUT2D eigenvalue weighted by Gasteiger charge is 2.53. The minimum Gasteiger partial charge on any atom is -0.171 e. The van der Waals surface area contributed by atoms with Crippen molar-refractivity contribution < 1.29 is 39.5 Å². The number of halogens is 9. The van der Waals surface area contributed by atoms with E-state index >= 15 is 0 Å². The van der Waals surface area contributed by atoms with Gasteiger partial charge in [0.2, 0.25) is 0 Å². The molecule has 0 atom stereocenters. The van der Waals surface area contributed by atoms with E-state index in [2.05, 4.69) is 0 Å². The highest BCUT2D eigenvalue weighted by atomic mass is 19.4. The fourth-order valence-electron chi connectivity index (χ4n) is 4.82. The molecule has 3 aliphatic carbocycles. The van der Waals surface area contributed by atoms with Crippen molar-refractivity contribution in [1.82, 2.24) is 0 Å². The van der Waals surface area contributed by atoms with E-state index in [0.717, 1.165) is 32.1 Å². The van der Waals surface area contributed by atoms with Crippen molar-refractivity contribution in [3.63, 3.8) is 0 Å². The maximum Gasteiger partial charge on any atom is 0.394 e. The average molecular weight is 513 g/mol. The van der Waals surface area contributed by atoms with Crippen LogP contribution in [0.1, 0.15) is 118 Å². The third-order valence-corrected chi connectivity index (χ3v) is 8.42. The van der Waals surface area contributed by atoms with E-state index in [4.69, 9.17) is 0 Å². The van der Waals surface area contributed by atoms with Crippen molar-refractivity contribution in [2.24, 2.45) is 21.7 Å². The van der Waals surface area contributed by atoms with Crippen LogP contribution in [0.3, 0.4) is 0 Å². The summed E-state index contributed by atoms with van der Waals surface area (Å²) in [6.07, 6.45) is -4.91. The first kappa shape index (κ1) is 31.4. The lowest BCUT2D eigenvalue weighted by atomic mass is 9.66. The first-order valence-electron chi connectivity index (χ1n) is 12.3. The van der Waals surface area contributed by atoms with Gasteiger partial charge in [0.05, 0.1) is 16.2 Å². The SMILES string of the molecule is CC1(C(F)(F)F)CCCC1.CC1(C(F)(F)F)CCCCC1.CC1(C)CCC(C)(C(F)(F)F)CC1. The first-order valence-corrected chi connectivity index (χ1v) is 12.3. The van der Waals surface area contributed by atoms with E-state index < -0.39 is 34.8 Å². The summed E-state index contributed by atoms with van der Waals surface area (Å²) < 4.78 is 111. The number of hydrogen-bond donors (Lipinski definition) is 0. The largest absolute Gasteiger partial charge is 0.394 e. The van der Waals surface area contributed by atoms with E-state index in [-0.39, 0.29) is 18.3 Å². The second kappa shape index (κ2) is 10.8. The summed E-state index contributed by atoms with van der Waals surface area (Å²) in [6, 6.07) is 0.